The molecule has 0 radical (unpaired) electrons. The highest BCUT2D eigenvalue weighted by molar-refractivity contribution is 4.90. The number of tetrazole rings is 1. The Labute approximate surface area is 107 Å². The van der Waals surface area contributed by atoms with E-state index in [1.54, 1.807) is 7.05 Å². The van der Waals surface area contributed by atoms with Crippen molar-refractivity contribution in [3.8, 4) is 0 Å². The SMILES string of the molecule is CC(C)N1CCOC(C(N)Cc2nnn(C)n2)C1. The lowest BCUT2D eigenvalue weighted by Gasteiger charge is -2.37. The molecule has 1 aliphatic heterocycles. The second kappa shape index (κ2) is 5.73. The molecule has 2 unspecified atom stereocenters. The third kappa shape index (κ3) is 3.24. The fourth-order valence-electron chi connectivity index (χ4n) is 2.17. The van der Waals surface area contributed by atoms with Crippen molar-refractivity contribution in [1.29, 1.82) is 0 Å². The Kier molecular flexibility index (Phi) is 4.26. The average Bonchev–Trinajstić information content (AvgIpc) is 2.75. The van der Waals surface area contributed by atoms with E-state index in [1.807, 2.05) is 0 Å². The predicted molar refractivity (Wildman–Crippen MR) is 66.9 cm³/mol. The van der Waals surface area contributed by atoms with Gasteiger partial charge in [0.2, 0.25) is 0 Å². The molecule has 0 saturated carbocycles. The number of aryl methyl sites for hydroxylation is 1. The Morgan fingerprint density at radius 2 is 2.28 bits per heavy atom. The number of nitrogens with two attached hydrogens (primary N) is 1. The molecule has 0 spiro atoms. The molecule has 2 heterocycles. The van der Waals surface area contributed by atoms with Gasteiger partial charge in [-0.1, -0.05) is 0 Å². The number of aromatic nitrogens is 4. The lowest BCUT2D eigenvalue weighted by Crippen LogP contribution is -2.53. The maximum Gasteiger partial charge on any atom is 0.176 e. The van der Waals surface area contributed by atoms with Crippen molar-refractivity contribution in [2.45, 2.75) is 38.5 Å². The van der Waals surface area contributed by atoms with Gasteiger partial charge in [-0.25, -0.2) is 0 Å². The van der Waals surface area contributed by atoms with Crippen LogP contribution in [0.2, 0.25) is 0 Å². The first-order valence-electron chi connectivity index (χ1n) is 6.40. The minimum atomic E-state index is -0.0873. The van der Waals surface area contributed by atoms with Crippen LogP contribution in [0.4, 0.5) is 0 Å². The van der Waals surface area contributed by atoms with E-state index in [0.29, 0.717) is 18.3 Å². The summed E-state index contributed by atoms with van der Waals surface area (Å²) in [7, 11) is 1.75. The molecule has 0 aromatic carbocycles. The summed E-state index contributed by atoms with van der Waals surface area (Å²) in [6, 6.07) is 0.439. The minimum absolute atomic E-state index is 0.0463. The van der Waals surface area contributed by atoms with E-state index in [-0.39, 0.29) is 12.1 Å². The van der Waals surface area contributed by atoms with Crippen LogP contribution in [0.3, 0.4) is 0 Å². The normalized spacial score (nSPS) is 23.5. The van der Waals surface area contributed by atoms with Crippen LogP contribution >= 0.6 is 0 Å². The molecule has 7 heteroatoms. The maximum absolute atomic E-state index is 6.18. The summed E-state index contributed by atoms with van der Waals surface area (Å²) in [5, 5.41) is 11.9. The zero-order valence-electron chi connectivity index (χ0n) is 11.3. The van der Waals surface area contributed by atoms with Crippen molar-refractivity contribution in [3.63, 3.8) is 0 Å². The van der Waals surface area contributed by atoms with Crippen molar-refractivity contribution >= 4 is 0 Å². The Morgan fingerprint density at radius 1 is 1.50 bits per heavy atom. The molecule has 1 aliphatic rings. The Balaban J connectivity index is 1.90. The molecule has 0 amide bonds. The third-order valence-corrected chi connectivity index (χ3v) is 3.30. The molecule has 1 aromatic heterocycles. The van der Waals surface area contributed by atoms with Gasteiger partial charge in [-0.2, -0.15) is 4.80 Å². The molecule has 2 rings (SSSR count). The van der Waals surface area contributed by atoms with E-state index in [2.05, 4.69) is 34.2 Å². The molecule has 0 bridgehead atoms. The summed E-state index contributed by atoms with van der Waals surface area (Å²) in [5.41, 5.74) is 6.18. The molecule has 2 atom stereocenters. The number of hydrogen-bond donors (Lipinski definition) is 1. The molecule has 102 valence electrons. The lowest BCUT2D eigenvalue weighted by atomic mass is 10.1. The van der Waals surface area contributed by atoms with Gasteiger partial charge in [-0.3, -0.25) is 4.90 Å². The monoisotopic (exact) mass is 254 g/mol. The number of hydrogen-bond acceptors (Lipinski definition) is 6. The lowest BCUT2D eigenvalue weighted by molar-refractivity contribution is -0.0497. The topological polar surface area (TPSA) is 82.1 Å². The third-order valence-electron chi connectivity index (χ3n) is 3.30. The summed E-state index contributed by atoms with van der Waals surface area (Å²) in [6.45, 7) is 6.98. The minimum Gasteiger partial charge on any atom is -0.374 e. The maximum atomic E-state index is 6.18. The number of nitrogens with zero attached hydrogens (tertiary/aromatic N) is 5. The molecular formula is C11H22N6O. The highest BCUT2D eigenvalue weighted by Crippen LogP contribution is 2.12. The summed E-state index contributed by atoms with van der Waals surface area (Å²) >= 11 is 0. The van der Waals surface area contributed by atoms with Gasteiger partial charge in [0.05, 0.1) is 19.8 Å². The van der Waals surface area contributed by atoms with Gasteiger partial charge < -0.3 is 10.5 Å². The van der Waals surface area contributed by atoms with Crippen LogP contribution in [0.1, 0.15) is 19.7 Å². The van der Waals surface area contributed by atoms with Crippen LogP contribution in [-0.4, -0.2) is 63.0 Å². The van der Waals surface area contributed by atoms with Crippen molar-refractivity contribution in [2.24, 2.45) is 12.8 Å². The summed E-state index contributed by atoms with van der Waals surface area (Å²) in [5.74, 6) is 0.676. The zero-order chi connectivity index (χ0) is 13.1. The molecule has 2 N–H and O–H groups in total. The van der Waals surface area contributed by atoms with Crippen LogP contribution in [-0.2, 0) is 18.2 Å². The fraction of sp³-hybridized carbons (Fsp3) is 0.909. The second-order valence-electron chi connectivity index (χ2n) is 5.06. The van der Waals surface area contributed by atoms with Crippen LogP contribution in [0, 0.1) is 0 Å². The van der Waals surface area contributed by atoms with Gasteiger partial charge in [0.1, 0.15) is 0 Å². The van der Waals surface area contributed by atoms with Gasteiger partial charge in [0, 0.05) is 31.6 Å². The van der Waals surface area contributed by atoms with E-state index in [1.165, 1.54) is 4.80 Å². The van der Waals surface area contributed by atoms with Crippen LogP contribution in [0.25, 0.3) is 0 Å². The van der Waals surface area contributed by atoms with Crippen molar-refractivity contribution in [2.75, 3.05) is 19.7 Å². The van der Waals surface area contributed by atoms with Gasteiger partial charge >= 0.3 is 0 Å². The summed E-state index contributed by atoms with van der Waals surface area (Å²) < 4.78 is 5.75. The Bertz CT molecular complexity index is 379. The van der Waals surface area contributed by atoms with Crippen molar-refractivity contribution in [3.05, 3.63) is 5.82 Å². The van der Waals surface area contributed by atoms with Crippen molar-refractivity contribution < 1.29 is 4.74 Å². The summed E-state index contributed by atoms with van der Waals surface area (Å²) in [4.78, 5) is 3.84. The first-order valence-corrected chi connectivity index (χ1v) is 6.40. The van der Waals surface area contributed by atoms with Crippen molar-refractivity contribution in [1.82, 2.24) is 25.1 Å². The standard InChI is InChI=1S/C11H22N6O/c1-8(2)17-4-5-18-10(7-17)9(12)6-11-13-15-16(3)14-11/h8-10H,4-7,12H2,1-3H3. The van der Waals surface area contributed by atoms with Crippen LogP contribution in [0.15, 0.2) is 0 Å². The van der Waals surface area contributed by atoms with E-state index < -0.39 is 0 Å². The van der Waals surface area contributed by atoms with Gasteiger partial charge in [0.25, 0.3) is 0 Å². The van der Waals surface area contributed by atoms with E-state index in [9.17, 15) is 0 Å². The molecule has 1 aromatic rings. The highest BCUT2D eigenvalue weighted by Gasteiger charge is 2.27. The Morgan fingerprint density at radius 3 is 2.89 bits per heavy atom. The molecule has 1 fully saturated rings. The van der Waals surface area contributed by atoms with E-state index in [0.717, 1.165) is 19.7 Å². The first-order chi connectivity index (χ1) is 8.56. The van der Waals surface area contributed by atoms with Gasteiger partial charge in [0.15, 0.2) is 5.82 Å². The van der Waals surface area contributed by atoms with Gasteiger partial charge in [-0.05, 0) is 19.1 Å². The average molecular weight is 254 g/mol. The number of rotatable bonds is 4. The van der Waals surface area contributed by atoms with E-state index >= 15 is 0 Å². The van der Waals surface area contributed by atoms with E-state index in [4.69, 9.17) is 10.5 Å². The molecule has 18 heavy (non-hydrogen) atoms. The second-order valence-corrected chi connectivity index (χ2v) is 5.06. The smallest absolute Gasteiger partial charge is 0.176 e. The molecular weight excluding hydrogens is 232 g/mol. The Hall–Kier alpha value is -1.05. The molecule has 7 nitrogen and oxygen atoms in total. The summed E-state index contributed by atoms with van der Waals surface area (Å²) in [6.07, 6.45) is 0.648. The largest absolute Gasteiger partial charge is 0.374 e. The molecule has 1 saturated heterocycles. The zero-order valence-corrected chi connectivity index (χ0v) is 11.3. The van der Waals surface area contributed by atoms with Crippen LogP contribution < -0.4 is 5.73 Å². The highest BCUT2D eigenvalue weighted by atomic mass is 16.5. The quantitative estimate of drug-likeness (QED) is 0.756. The fourth-order valence-corrected chi connectivity index (χ4v) is 2.17. The first kappa shape index (κ1) is 13.4. The number of morpholine rings is 1. The van der Waals surface area contributed by atoms with Crippen LogP contribution in [0.5, 0.6) is 0 Å². The molecule has 0 aliphatic carbocycles. The number of ether oxygens (including phenoxy) is 1. The predicted octanol–water partition coefficient (Wildman–Crippen LogP) is -0.811. The van der Waals surface area contributed by atoms with Gasteiger partial charge in [-0.15, -0.1) is 10.2 Å².